The van der Waals surface area contributed by atoms with Crippen LogP contribution in [-0.4, -0.2) is 49.4 Å². The minimum atomic E-state index is -0.969. The summed E-state index contributed by atoms with van der Waals surface area (Å²) >= 11 is 0. The molecule has 32 heavy (non-hydrogen) atoms. The Morgan fingerprint density at radius 3 is 2.81 bits per heavy atom. The molecule has 0 bridgehead atoms. The zero-order chi connectivity index (χ0) is 22.4. The van der Waals surface area contributed by atoms with Crippen LogP contribution in [0.1, 0.15) is 47.1 Å². The van der Waals surface area contributed by atoms with E-state index in [0.29, 0.717) is 24.7 Å². The number of hydrogen-bond donors (Lipinski definition) is 1. The maximum absolute atomic E-state index is 13.9. The number of carbonyl (C=O) groups excluding carboxylic acids is 2. The zero-order valence-corrected chi connectivity index (χ0v) is 17.3. The van der Waals surface area contributed by atoms with Gasteiger partial charge in [0.1, 0.15) is 18.2 Å². The fourth-order valence-electron chi connectivity index (χ4n) is 3.84. The summed E-state index contributed by atoms with van der Waals surface area (Å²) in [5, 5.41) is 11.3. The van der Waals surface area contributed by atoms with Gasteiger partial charge in [0.05, 0.1) is 12.2 Å². The summed E-state index contributed by atoms with van der Waals surface area (Å²) in [6.45, 7) is 0.406. The lowest BCUT2D eigenvalue weighted by Gasteiger charge is -2.19. The molecule has 1 aromatic carbocycles. The first kappa shape index (κ1) is 20.3. The van der Waals surface area contributed by atoms with Crippen molar-refractivity contribution in [1.82, 2.24) is 29.9 Å². The highest BCUT2D eigenvalue weighted by atomic mass is 19.2. The topological polar surface area (TPSA) is 97.9 Å². The van der Waals surface area contributed by atoms with E-state index in [1.165, 1.54) is 28.0 Å². The van der Waals surface area contributed by atoms with Crippen LogP contribution in [0.2, 0.25) is 0 Å². The first-order valence-corrected chi connectivity index (χ1v) is 10.4. The number of halogens is 2. The Morgan fingerprint density at radius 2 is 2.03 bits per heavy atom. The number of aromatic nitrogens is 5. The van der Waals surface area contributed by atoms with Crippen LogP contribution in [0.25, 0.3) is 0 Å². The van der Waals surface area contributed by atoms with Gasteiger partial charge in [0.15, 0.2) is 11.6 Å². The second-order valence-corrected chi connectivity index (χ2v) is 8.12. The number of fused-ring (bicyclic) bond motifs is 1. The summed E-state index contributed by atoms with van der Waals surface area (Å²) in [6.07, 6.45) is 3.88. The summed E-state index contributed by atoms with van der Waals surface area (Å²) in [6, 6.07) is 5.03. The summed E-state index contributed by atoms with van der Waals surface area (Å²) in [4.78, 5) is 31.0. The molecule has 0 radical (unpaired) electrons. The Hall–Kier alpha value is -3.63. The molecule has 166 valence electrons. The fraction of sp³-hybridized carbons (Fsp3) is 0.381. The highest BCUT2D eigenvalue weighted by Gasteiger charge is 2.34. The molecule has 5 rings (SSSR count). The van der Waals surface area contributed by atoms with Crippen molar-refractivity contribution in [2.45, 2.75) is 44.3 Å². The first-order valence-electron chi connectivity index (χ1n) is 10.4. The predicted molar refractivity (Wildman–Crippen MR) is 109 cm³/mol. The summed E-state index contributed by atoms with van der Waals surface area (Å²) in [7, 11) is 1.66. The second kappa shape index (κ2) is 7.81. The van der Waals surface area contributed by atoms with Crippen LogP contribution < -0.4 is 10.2 Å². The van der Waals surface area contributed by atoms with Crippen LogP contribution in [0.15, 0.2) is 30.6 Å². The Morgan fingerprint density at radius 1 is 1.22 bits per heavy atom. The summed E-state index contributed by atoms with van der Waals surface area (Å²) in [5.74, 6) is -1.75. The van der Waals surface area contributed by atoms with Crippen LogP contribution in [0.4, 0.5) is 14.6 Å². The van der Waals surface area contributed by atoms with E-state index in [0.717, 1.165) is 24.6 Å². The number of likely N-dealkylation sites (N-methyl/N-ethyl adjacent to an activating group) is 1. The molecular formula is C21H21F2N7O2. The van der Waals surface area contributed by atoms with Crippen LogP contribution in [0, 0.1) is 11.6 Å². The molecule has 9 nitrogen and oxygen atoms in total. The Labute approximate surface area is 182 Å². The van der Waals surface area contributed by atoms with Gasteiger partial charge in [0, 0.05) is 31.1 Å². The van der Waals surface area contributed by atoms with Gasteiger partial charge < -0.3 is 5.32 Å². The largest absolute Gasteiger partial charge is 0.337 e. The minimum Gasteiger partial charge on any atom is -0.337 e. The molecule has 3 heterocycles. The monoisotopic (exact) mass is 441 g/mol. The van der Waals surface area contributed by atoms with Crippen molar-refractivity contribution in [3.05, 3.63) is 59.3 Å². The van der Waals surface area contributed by atoms with Gasteiger partial charge in [0.25, 0.3) is 11.8 Å². The van der Waals surface area contributed by atoms with E-state index in [4.69, 9.17) is 0 Å². The SMILES string of the molecule is CN1C(=O)[C@@H](NC(=O)c2ncn(Cc3cccc(F)c3F)n2)CCn2nc(C3CC3)cc21. The average Bonchev–Trinajstić information content (AvgIpc) is 3.39. The van der Waals surface area contributed by atoms with Gasteiger partial charge in [-0.15, -0.1) is 5.10 Å². The van der Waals surface area contributed by atoms with E-state index in [-0.39, 0.29) is 23.8 Å². The van der Waals surface area contributed by atoms with Crippen molar-refractivity contribution in [2.75, 3.05) is 11.9 Å². The highest BCUT2D eigenvalue weighted by Crippen LogP contribution is 2.40. The van der Waals surface area contributed by atoms with Gasteiger partial charge in [-0.05, 0) is 25.3 Å². The molecule has 0 spiro atoms. The molecule has 2 amide bonds. The maximum Gasteiger partial charge on any atom is 0.291 e. The molecule has 1 N–H and O–H groups in total. The quantitative estimate of drug-likeness (QED) is 0.652. The molecule has 1 atom stereocenters. The Kier molecular flexibility index (Phi) is 4.95. The number of benzene rings is 1. The lowest BCUT2D eigenvalue weighted by molar-refractivity contribution is -0.120. The van der Waals surface area contributed by atoms with Gasteiger partial charge in [-0.1, -0.05) is 12.1 Å². The van der Waals surface area contributed by atoms with Crippen LogP contribution in [-0.2, 0) is 17.9 Å². The minimum absolute atomic E-state index is 0.0839. The molecular weight excluding hydrogens is 420 g/mol. The smallest absolute Gasteiger partial charge is 0.291 e. The zero-order valence-electron chi connectivity index (χ0n) is 17.3. The molecule has 0 saturated heterocycles. The molecule has 1 aliphatic carbocycles. The third-order valence-electron chi connectivity index (χ3n) is 5.78. The Bertz CT molecular complexity index is 1200. The first-order chi connectivity index (χ1) is 15.4. The third kappa shape index (κ3) is 3.74. The fourth-order valence-corrected chi connectivity index (χ4v) is 3.84. The Balaban J connectivity index is 1.26. The molecule has 1 aliphatic heterocycles. The van der Waals surface area contributed by atoms with Crippen LogP contribution in [0.3, 0.4) is 0 Å². The molecule has 1 fully saturated rings. The molecule has 11 heteroatoms. The number of nitrogens with one attached hydrogen (secondary N) is 1. The standard InChI is InChI=1S/C21H21F2N7O2/c1-28-17-9-16(12-5-6-12)26-30(17)8-7-15(21(28)32)25-20(31)19-24-11-29(27-19)10-13-3-2-4-14(22)18(13)23/h2-4,9,11-12,15H,5-8,10H2,1H3,(H,25,31)/t15-/m0/s1. The van der Waals surface area contributed by atoms with Crippen LogP contribution >= 0.6 is 0 Å². The summed E-state index contributed by atoms with van der Waals surface area (Å²) in [5.41, 5.74) is 1.09. The van der Waals surface area contributed by atoms with Crippen molar-refractivity contribution >= 4 is 17.6 Å². The van der Waals surface area contributed by atoms with Crippen molar-refractivity contribution in [2.24, 2.45) is 0 Å². The predicted octanol–water partition coefficient (Wildman–Crippen LogP) is 1.84. The normalized spacial score (nSPS) is 18.4. The van der Waals surface area contributed by atoms with E-state index in [9.17, 15) is 18.4 Å². The number of hydrogen-bond acceptors (Lipinski definition) is 5. The van der Waals surface area contributed by atoms with E-state index in [1.54, 1.807) is 11.7 Å². The molecule has 1 saturated carbocycles. The van der Waals surface area contributed by atoms with E-state index >= 15 is 0 Å². The number of aryl methyl sites for hydroxylation is 1. The molecule has 0 unspecified atom stereocenters. The van der Waals surface area contributed by atoms with Crippen molar-refractivity contribution < 1.29 is 18.4 Å². The van der Waals surface area contributed by atoms with Gasteiger partial charge >= 0.3 is 0 Å². The number of rotatable bonds is 5. The number of anilines is 1. The van der Waals surface area contributed by atoms with Crippen molar-refractivity contribution in [3.8, 4) is 0 Å². The lowest BCUT2D eigenvalue weighted by atomic mass is 10.2. The van der Waals surface area contributed by atoms with Gasteiger partial charge in [-0.25, -0.2) is 23.1 Å². The van der Waals surface area contributed by atoms with E-state index < -0.39 is 23.6 Å². The van der Waals surface area contributed by atoms with E-state index in [1.807, 2.05) is 6.07 Å². The molecule has 3 aromatic rings. The lowest BCUT2D eigenvalue weighted by Crippen LogP contribution is -2.47. The van der Waals surface area contributed by atoms with Crippen LogP contribution in [0.5, 0.6) is 0 Å². The number of nitrogens with zero attached hydrogens (tertiary/aromatic N) is 6. The van der Waals surface area contributed by atoms with Gasteiger partial charge in [-0.2, -0.15) is 5.10 Å². The maximum atomic E-state index is 13.9. The highest BCUT2D eigenvalue weighted by molar-refractivity contribution is 6.00. The summed E-state index contributed by atoms with van der Waals surface area (Å²) < 4.78 is 30.3. The number of carbonyl (C=O) groups is 2. The number of amides is 2. The van der Waals surface area contributed by atoms with Crippen molar-refractivity contribution in [1.29, 1.82) is 0 Å². The second-order valence-electron chi connectivity index (χ2n) is 8.12. The molecule has 2 aliphatic rings. The van der Waals surface area contributed by atoms with Crippen molar-refractivity contribution in [3.63, 3.8) is 0 Å². The van der Waals surface area contributed by atoms with Gasteiger partial charge in [0.2, 0.25) is 5.82 Å². The molecule has 2 aromatic heterocycles. The van der Waals surface area contributed by atoms with E-state index in [2.05, 4.69) is 20.5 Å². The van der Waals surface area contributed by atoms with Gasteiger partial charge in [-0.3, -0.25) is 14.5 Å². The third-order valence-corrected chi connectivity index (χ3v) is 5.78. The average molecular weight is 441 g/mol.